The first-order chi connectivity index (χ1) is 22.2. The first kappa shape index (κ1) is 40.8. The smallest absolute Gasteiger partial charge is 0.379 e. The van der Waals surface area contributed by atoms with Gasteiger partial charge in [0.15, 0.2) is 0 Å². The van der Waals surface area contributed by atoms with Gasteiger partial charge in [0.05, 0.1) is 0 Å². The lowest BCUT2D eigenvalue weighted by molar-refractivity contribution is 0.00819. The molecule has 10 heteroatoms. The van der Waals surface area contributed by atoms with Crippen LogP contribution in [0.5, 0.6) is 0 Å². The normalized spacial score (nSPS) is 20.4. The third-order valence-corrected chi connectivity index (χ3v) is 8.41. The van der Waals surface area contributed by atoms with Crippen molar-refractivity contribution in [1.29, 1.82) is 5.41 Å². The number of alkyl halides is 3. The number of hydrogen-bond donors (Lipinski definition) is 3. The summed E-state index contributed by atoms with van der Waals surface area (Å²) in [6.45, 7) is 16.1. The standard InChI is InChI=1S/C27H41N5.C8H16N2.CHF3/c1-4-25(22-30-18-13-27(5-2,6-3)23-30)31-16-8-17-32(20-19-31)26-11-9-24(10-12-26)21-29-15-7-14-28;1-3-5-8(9)6-4-7-10-2;2-1(3)4/h5,7,9-12,14-15,21,25,28H,2,4,6,8,13,16-20,22-23H2,1,3H3;4-6,10H,3,7,9H2,1-2H3;1H/b15-7-,28-14?,29-21?;6-4-,8-5+;. The van der Waals surface area contributed by atoms with Crippen molar-refractivity contribution in [3.05, 3.63) is 78.7 Å². The van der Waals surface area contributed by atoms with Gasteiger partial charge in [-0.25, -0.2) is 0 Å². The number of likely N-dealkylation sites (tertiary alicyclic amines) is 1. The van der Waals surface area contributed by atoms with Crippen LogP contribution in [-0.2, 0) is 0 Å². The highest BCUT2D eigenvalue weighted by atomic mass is 19.4. The van der Waals surface area contributed by atoms with Gasteiger partial charge in [-0.05, 0) is 75.5 Å². The van der Waals surface area contributed by atoms with Gasteiger partial charge in [-0.15, -0.1) is 6.58 Å². The second-order valence-corrected chi connectivity index (χ2v) is 11.5. The molecule has 258 valence electrons. The van der Waals surface area contributed by atoms with Crippen LogP contribution in [0.4, 0.5) is 18.9 Å². The van der Waals surface area contributed by atoms with Crippen molar-refractivity contribution in [3.8, 4) is 0 Å². The fourth-order valence-electron chi connectivity index (χ4n) is 5.71. The summed E-state index contributed by atoms with van der Waals surface area (Å²) < 4.78 is 29.0. The Morgan fingerprint density at radius 1 is 1.11 bits per heavy atom. The summed E-state index contributed by atoms with van der Waals surface area (Å²) in [4.78, 5) is 12.1. The predicted molar refractivity (Wildman–Crippen MR) is 191 cm³/mol. The summed E-state index contributed by atoms with van der Waals surface area (Å²) in [5, 5.41) is 9.98. The number of nitrogens with one attached hydrogen (secondary N) is 2. The minimum absolute atomic E-state index is 0.334. The van der Waals surface area contributed by atoms with Crippen LogP contribution in [0.15, 0.2) is 78.1 Å². The van der Waals surface area contributed by atoms with E-state index in [0.29, 0.717) is 11.5 Å². The summed E-state index contributed by atoms with van der Waals surface area (Å²) in [5.74, 6) is 0. The number of hydrogen-bond acceptors (Lipinski definition) is 7. The van der Waals surface area contributed by atoms with Gasteiger partial charge in [0.2, 0.25) is 0 Å². The molecule has 1 aromatic rings. The molecule has 0 saturated carbocycles. The Labute approximate surface area is 276 Å². The number of benzene rings is 1. The van der Waals surface area contributed by atoms with E-state index in [1.54, 1.807) is 12.3 Å². The fourth-order valence-corrected chi connectivity index (χ4v) is 5.71. The van der Waals surface area contributed by atoms with E-state index in [-0.39, 0.29) is 0 Å². The molecule has 2 aliphatic heterocycles. The van der Waals surface area contributed by atoms with Crippen molar-refractivity contribution in [2.45, 2.75) is 65.6 Å². The predicted octanol–water partition coefficient (Wildman–Crippen LogP) is 7.04. The van der Waals surface area contributed by atoms with Crippen molar-refractivity contribution in [2.24, 2.45) is 16.1 Å². The Hall–Kier alpha value is -3.21. The van der Waals surface area contributed by atoms with E-state index in [0.717, 1.165) is 43.9 Å². The molecule has 0 aliphatic carbocycles. The molecule has 2 fully saturated rings. The van der Waals surface area contributed by atoms with Crippen LogP contribution >= 0.6 is 0 Å². The monoisotopic (exact) mass is 645 g/mol. The minimum atomic E-state index is -3.67. The summed E-state index contributed by atoms with van der Waals surface area (Å²) in [6.07, 6.45) is 20.3. The lowest BCUT2D eigenvalue weighted by Crippen LogP contribution is -2.45. The van der Waals surface area contributed by atoms with Crippen molar-refractivity contribution >= 4 is 18.1 Å². The van der Waals surface area contributed by atoms with Crippen molar-refractivity contribution < 1.29 is 13.2 Å². The van der Waals surface area contributed by atoms with Crippen molar-refractivity contribution in [2.75, 3.05) is 64.3 Å². The SMILES string of the molecule is C=CC1(CC)CCN(CC(CC)N2CCCN(c3ccc(C=N/C=C\C=N)cc3)CC2)C1.CC/C=C(N)\C=C/CNC.FC(F)F. The number of aliphatic imine (C=N–C) groups is 1. The third kappa shape index (κ3) is 16.4. The van der Waals surface area contributed by atoms with E-state index in [1.165, 1.54) is 63.8 Å². The van der Waals surface area contributed by atoms with E-state index >= 15 is 0 Å². The number of rotatable bonds is 14. The van der Waals surface area contributed by atoms with E-state index < -0.39 is 6.68 Å². The van der Waals surface area contributed by atoms with Crippen LogP contribution in [0.2, 0.25) is 0 Å². The molecular weight excluding hydrogens is 587 g/mol. The first-order valence-electron chi connectivity index (χ1n) is 16.5. The van der Waals surface area contributed by atoms with Crippen LogP contribution in [0.25, 0.3) is 0 Å². The molecule has 3 rings (SSSR count). The second-order valence-electron chi connectivity index (χ2n) is 11.5. The Morgan fingerprint density at radius 2 is 1.83 bits per heavy atom. The Kier molecular flexibility index (Phi) is 21.3. The molecular formula is C36H58F3N7. The molecule has 0 bridgehead atoms. The summed E-state index contributed by atoms with van der Waals surface area (Å²) in [5.41, 5.74) is 9.13. The molecule has 7 nitrogen and oxygen atoms in total. The van der Waals surface area contributed by atoms with Gasteiger partial charge in [-0.2, -0.15) is 13.2 Å². The third-order valence-electron chi connectivity index (χ3n) is 8.41. The van der Waals surface area contributed by atoms with Crippen molar-refractivity contribution in [1.82, 2.24) is 15.1 Å². The lowest BCUT2D eigenvalue weighted by Gasteiger charge is -2.34. The number of nitrogens with two attached hydrogens (primary N) is 1. The zero-order valence-corrected chi connectivity index (χ0v) is 28.5. The molecule has 2 aliphatic rings. The highest BCUT2D eigenvalue weighted by Gasteiger charge is 2.35. The molecule has 2 atom stereocenters. The fraction of sp³-hybridized carbons (Fsp3) is 0.556. The van der Waals surface area contributed by atoms with E-state index in [1.807, 2.05) is 31.5 Å². The maximum absolute atomic E-state index is 9.67. The van der Waals surface area contributed by atoms with E-state index in [9.17, 15) is 13.2 Å². The van der Waals surface area contributed by atoms with Gasteiger partial charge in [-0.3, -0.25) is 9.89 Å². The van der Waals surface area contributed by atoms with Gasteiger partial charge in [0, 0.05) is 87.3 Å². The highest BCUT2D eigenvalue weighted by Crippen LogP contribution is 2.35. The molecule has 0 radical (unpaired) electrons. The summed E-state index contributed by atoms with van der Waals surface area (Å²) in [7, 11) is 1.91. The number of halogens is 3. The first-order valence-corrected chi connectivity index (χ1v) is 16.5. The molecule has 2 saturated heterocycles. The minimum Gasteiger partial charge on any atom is -0.399 e. The molecule has 0 aromatic heterocycles. The van der Waals surface area contributed by atoms with Crippen LogP contribution in [-0.4, -0.2) is 94.4 Å². The van der Waals surface area contributed by atoms with Crippen LogP contribution < -0.4 is 16.0 Å². The van der Waals surface area contributed by atoms with Crippen LogP contribution in [0.3, 0.4) is 0 Å². The second kappa shape index (κ2) is 24.0. The molecule has 4 N–H and O–H groups in total. The quantitative estimate of drug-likeness (QED) is 0.115. The van der Waals surface area contributed by atoms with Crippen LogP contribution in [0.1, 0.15) is 58.4 Å². The van der Waals surface area contributed by atoms with Gasteiger partial charge in [0.1, 0.15) is 0 Å². The van der Waals surface area contributed by atoms with E-state index in [2.05, 4.69) is 82.7 Å². The zero-order chi connectivity index (χ0) is 34.2. The van der Waals surface area contributed by atoms with Crippen molar-refractivity contribution in [3.63, 3.8) is 0 Å². The van der Waals surface area contributed by atoms with Gasteiger partial charge in [-0.1, -0.05) is 51.1 Å². The number of anilines is 1. The molecule has 2 unspecified atom stereocenters. The average molecular weight is 646 g/mol. The lowest BCUT2D eigenvalue weighted by atomic mass is 9.85. The Morgan fingerprint density at radius 3 is 2.39 bits per heavy atom. The summed E-state index contributed by atoms with van der Waals surface area (Å²) >= 11 is 0. The number of likely N-dealkylation sites (N-methyl/N-ethyl adjacent to an activating group) is 1. The van der Waals surface area contributed by atoms with Gasteiger partial charge >= 0.3 is 6.68 Å². The maximum Gasteiger partial charge on any atom is 0.379 e. The van der Waals surface area contributed by atoms with Gasteiger partial charge < -0.3 is 26.3 Å². The molecule has 2 heterocycles. The summed E-state index contributed by atoms with van der Waals surface area (Å²) in [6, 6.07) is 9.31. The number of allylic oxidation sites excluding steroid dienone is 3. The molecule has 0 amide bonds. The molecule has 1 aromatic carbocycles. The topological polar surface area (TPSA) is 84.0 Å². The number of nitrogens with zero attached hydrogens (tertiary/aromatic N) is 4. The average Bonchev–Trinajstić information content (AvgIpc) is 3.31. The van der Waals surface area contributed by atoms with E-state index in [4.69, 9.17) is 11.1 Å². The molecule has 0 spiro atoms. The largest absolute Gasteiger partial charge is 0.399 e. The zero-order valence-electron chi connectivity index (χ0n) is 28.5. The van der Waals surface area contributed by atoms with Gasteiger partial charge in [0.25, 0.3) is 0 Å². The Balaban J connectivity index is 0.000000632. The Bertz CT molecular complexity index is 1080. The molecule has 46 heavy (non-hydrogen) atoms. The highest BCUT2D eigenvalue weighted by molar-refractivity contribution is 5.81. The van der Waals surface area contributed by atoms with Crippen LogP contribution in [0, 0.1) is 10.8 Å². The maximum atomic E-state index is 9.67.